The molecule has 0 aromatic heterocycles. The number of nitrogens with one attached hydrogen (secondary N) is 2. The number of rotatable bonds is 14. The van der Waals surface area contributed by atoms with Crippen molar-refractivity contribution in [3.05, 3.63) is 0 Å². The predicted octanol–water partition coefficient (Wildman–Crippen LogP) is 0.933. The smallest absolute Gasteiger partial charge is 0.347 e. The van der Waals surface area contributed by atoms with Crippen molar-refractivity contribution >= 4 is 41.3 Å². The third kappa shape index (κ3) is 13.2. The average molecular weight is 367 g/mol. The topological polar surface area (TPSA) is 105 Å². The van der Waals surface area contributed by atoms with Crippen LogP contribution in [0.15, 0.2) is 0 Å². The lowest BCUT2D eigenvalue weighted by Crippen LogP contribution is -2.52. The summed E-state index contributed by atoms with van der Waals surface area (Å²) in [5, 5.41) is 13.6. The van der Waals surface area contributed by atoms with Crippen LogP contribution in [0.5, 0.6) is 0 Å². The summed E-state index contributed by atoms with van der Waals surface area (Å²) in [7, 11) is 0. The Balaban J connectivity index is 3.83. The molecule has 0 radical (unpaired) electrons. The third-order valence-electron chi connectivity index (χ3n) is 2.61. The summed E-state index contributed by atoms with van der Waals surface area (Å²) in [4.78, 5) is 34.1. The molecule has 9 heteroatoms. The van der Waals surface area contributed by atoms with Gasteiger partial charge >= 0.3 is 5.97 Å². The van der Waals surface area contributed by atoms with E-state index in [1.165, 1.54) is 0 Å². The van der Waals surface area contributed by atoms with Crippen LogP contribution in [0.25, 0.3) is 0 Å². The minimum absolute atomic E-state index is 0.197. The number of hydrogen-bond acceptors (Lipinski definition) is 6. The van der Waals surface area contributed by atoms with Gasteiger partial charge in [-0.2, -0.15) is 23.5 Å². The van der Waals surface area contributed by atoms with E-state index in [1.807, 2.05) is 13.2 Å². The molecule has 0 bridgehead atoms. The fourth-order valence-electron chi connectivity index (χ4n) is 1.48. The second-order valence-electron chi connectivity index (χ2n) is 4.62. The lowest BCUT2D eigenvalue weighted by Gasteiger charge is -2.16. The van der Waals surface area contributed by atoms with Gasteiger partial charge in [0.05, 0.1) is 13.2 Å². The van der Waals surface area contributed by atoms with Gasteiger partial charge in [-0.25, -0.2) is 4.79 Å². The first-order valence-corrected chi connectivity index (χ1v) is 10.0. The second-order valence-corrected chi connectivity index (χ2v) is 6.83. The van der Waals surface area contributed by atoms with Gasteiger partial charge in [-0.05, 0) is 12.7 Å². The van der Waals surface area contributed by atoms with Gasteiger partial charge in [0.15, 0.2) is 0 Å². The lowest BCUT2D eigenvalue weighted by atomic mass is 10.3. The fraction of sp³-hybridized carbons (Fsp3) is 0.786. The quantitative estimate of drug-likeness (QED) is 0.310. The molecule has 0 aromatic carbocycles. The van der Waals surface area contributed by atoms with E-state index in [1.54, 1.807) is 23.5 Å². The summed E-state index contributed by atoms with van der Waals surface area (Å²) < 4.78 is 5.38. The van der Waals surface area contributed by atoms with Gasteiger partial charge in [-0.3, -0.25) is 9.59 Å². The largest absolute Gasteiger partial charge is 0.478 e. The van der Waals surface area contributed by atoms with Crippen LogP contribution in [0.1, 0.15) is 26.2 Å². The Hall–Kier alpha value is -0.930. The number of thioether (sulfide) groups is 2. The Morgan fingerprint density at radius 3 is 2.22 bits per heavy atom. The lowest BCUT2D eigenvalue weighted by molar-refractivity contribution is -0.144. The van der Waals surface area contributed by atoms with Crippen molar-refractivity contribution in [2.45, 2.75) is 32.4 Å². The van der Waals surface area contributed by atoms with E-state index >= 15 is 0 Å². The maximum Gasteiger partial charge on any atom is 0.347 e. The fourth-order valence-corrected chi connectivity index (χ4v) is 2.54. The number of carbonyl (C=O) groups is 3. The molecule has 23 heavy (non-hydrogen) atoms. The Bertz CT molecular complexity index is 369. The summed E-state index contributed by atoms with van der Waals surface area (Å²) in [5.41, 5.74) is 0. The van der Waals surface area contributed by atoms with Crippen molar-refractivity contribution < 1.29 is 24.2 Å². The zero-order valence-electron chi connectivity index (χ0n) is 13.6. The second kappa shape index (κ2) is 14.6. The van der Waals surface area contributed by atoms with E-state index in [4.69, 9.17) is 9.84 Å². The summed E-state index contributed by atoms with van der Waals surface area (Å²) in [6.45, 7) is 3.17. The normalized spacial score (nSPS) is 11.7. The number of amides is 2. The Kier molecular flexibility index (Phi) is 14.1. The molecule has 0 aliphatic carbocycles. The van der Waals surface area contributed by atoms with E-state index in [0.717, 1.165) is 18.1 Å². The molecule has 0 saturated heterocycles. The minimum Gasteiger partial charge on any atom is -0.478 e. The highest BCUT2D eigenvalue weighted by Gasteiger charge is 2.21. The molecule has 0 saturated carbocycles. The summed E-state index contributed by atoms with van der Waals surface area (Å²) in [5.74, 6) is 0.261. The molecule has 0 spiro atoms. The van der Waals surface area contributed by atoms with Gasteiger partial charge in [0.25, 0.3) is 0 Å². The molecule has 2 amide bonds. The molecule has 0 aliphatic rings. The summed E-state index contributed by atoms with van der Waals surface area (Å²) in [6.07, 6.45) is 1.68. The zero-order chi connectivity index (χ0) is 17.5. The highest BCUT2D eigenvalue weighted by atomic mass is 32.2. The predicted molar refractivity (Wildman–Crippen MR) is 93.8 cm³/mol. The van der Waals surface area contributed by atoms with Gasteiger partial charge in [0, 0.05) is 30.1 Å². The third-order valence-corrected chi connectivity index (χ3v) is 4.13. The zero-order valence-corrected chi connectivity index (χ0v) is 15.3. The van der Waals surface area contributed by atoms with E-state index < -0.39 is 23.9 Å². The van der Waals surface area contributed by atoms with Crippen LogP contribution >= 0.6 is 23.5 Å². The average Bonchev–Trinajstić information content (AvgIpc) is 2.49. The Morgan fingerprint density at radius 2 is 1.65 bits per heavy atom. The van der Waals surface area contributed by atoms with Gasteiger partial charge in [-0.1, -0.05) is 6.92 Å². The van der Waals surface area contributed by atoms with Gasteiger partial charge < -0.3 is 20.5 Å². The molecule has 0 heterocycles. The number of carbonyl (C=O) groups excluding carboxylic acids is 2. The molecular formula is C14H26N2O5S2. The van der Waals surface area contributed by atoms with Gasteiger partial charge in [0.2, 0.25) is 18.0 Å². The number of carboxylic acid groups (broad SMARTS) is 1. The van der Waals surface area contributed by atoms with Crippen LogP contribution in [0, 0.1) is 0 Å². The molecule has 134 valence electrons. The van der Waals surface area contributed by atoms with Crippen LogP contribution in [0.4, 0.5) is 0 Å². The highest BCUT2D eigenvalue weighted by Crippen LogP contribution is 2.03. The molecule has 7 nitrogen and oxygen atoms in total. The van der Waals surface area contributed by atoms with Crippen molar-refractivity contribution in [1.82, 2.24) is 10.6 Å². The highest BCUT2D eigenvalue weighted by molar-refractivity contribution is 7.99. The minimum atomic E-state index is -1.37. The van der Waals surface area contributed by atoms with E-state index in [9.17, 15) is 14.4 Å². The molecule has 0 fully saturated rings. The first-order valence-electron chi connectivity index (χ1n) is 7.47. The number of hydrogen-bond donors (Lipinski definition) is 3. The molecule has 1 atom stereocenters. The summed E-state index contributed by atoms with van der Waals surface area (Å²) >= 11 is 3.30. The van der Waals surface area contributed by atoms with Crippen LogP contribution in [-0.2, 0) is 19.1 Å². The van der Waals surface area contributed by atoms with E-state index in [0.29, 0.717) is 18.8 Å². The number of ether oxygens (including phenoxy) is 1. The summed E-state index contributed by atoms with van der Waals surface area (Å²) in [6, 6.07) is 0. The van der Waals surface area contributed by atoms with Crippen LogP contribution in [0.2, 0.25) is 0 Å². The molecule has 0 rings (SSSR count). The monoisotopic (exact) mass is 366 g/mol. The number of aliphatic carboxylic acids is 1. The number of carboxylic acids is 1. The van der Waals surface area contributed by atoms with Gasteiger partial charge in [-0.15, -0.1) is 0 Å². The van der Waals surface area contributed by atoms with Gasteiger partial charge in [0.1, 0.15) is 0 Å². The maximum atomic E-state index is 11.7. The van der Waals surface area contributed by atoms with Crippen LogP contribution in [-0.4, -0.2) is 65.8 Å². The molecule has 1 unspecified atom stereocenters. The van der Waals surface area contributed by atoms with Crippen LogP contribution < -0.4 is 10.6 Å². The standard InChI is InChI=1S/C14H26N2O5S2/c1-3-4-11(17)15-13(14(19)20)16-12(18)5-8-23-10-7-21-6-9-22-2/h13H,3-10H2,1-2H3,(H,15,17)(H,16,18)(H,19,20). The van der Waals surface area contributed by atoms with Crippen molar-refractivity contribution in [3.8, 4) is 0 Å². The van der Waals surface area contributed by atoms with E-state index in [-0.39, 0.29) is 12.8 Å². The Morgan fingerprint density at radius 1 is 1.04 bits per heavy atom. The Labute approximate surface area is 145 Å². The van der Waals surface area contributed by atoms with Crippen molar-refractivity contribution in [3.63, 3.8) is 0 Å². The van der Waals surface area contributed by atoms with Crippen molar-refractivity contribution in [1.29, 1.82) is 0 Å². The molecule has 3 N–H and O–H groups in total. The first kappa shape index (κ1) is 22.1. The van der Waals surface area contributed by atoms with E-state index in [2.05, 4.69) is 10.6 Å². The molecule has 0 aliphatic heterocycles. The molecular weight excluding hydrogens is 340 g/mol. The maximum absolute atomic E-state index is 11.7. The van der Waals surface area contributed by atoms with Crippen molar-refractivity contribution in [2.75, 3.05) is 36.7 Å². The van der Waals surface area contributed by atoms with Crippen molar-refractivity contribution in [2.24, 2.45) is 0 Å². The SMILES string of the molecule is CCCC(=O)NC(NC(=O)CCSCCOCCSC)C(=O)O. The van der Waals surface area contributed by atoms with Crippen LogP contribution in [0.3, 0.4) is 0 Å². The molecule has 0 aromatic rings. The first-order chi connectivity index (χ1) is 11.0.